The predicted octanol–water partition coefficient (Wildman–Crippen LogP) is 3.29. The van der Waals surface area contributed by atoms with Crippen LogP contribution in [-0.4, -0.2) is 19.5 Å². The summed E-state index contributed by atoms with van der Waals surface area (Å²) in [6.07, 6.45) is 0.899. The number of hydrogen-bond acceptors (Lipinski definition) is 4. The van der Waals surface area contributed by atoms with Crippen molar-refractivity contribution < 1.29 is 0 Å². The average molecular weight is 281 g/mol. The van der Waals surface area contributed by atoms with E-state index in [1.165, 1.54) is 0 Å². The highest BCUT2D eigenvalue weighted by molar-refractivity contribution is 5.81. The number of nitrogens with one attached hydrogen (secondary N) is 1. The van der Waals surface area contributed by atoms with E-state index in [1.54, 1.807) is 0 Å². The van der Waals surface area contributed by atoms with Crippen LogP contribution in [0.15, 0.2) is 24.3 Å². The second-order valence-electron chi connectivity index (χ2n) is 5.19. The summed E-state index contributed by atoms with van der Waals surface area (Å²) in [6, 6.07) is 8.16. The summed E-state index contributed by atoms with van der Waals surface area (Å²) < 4.78 is 2.09. The van der Waals surface area contributed by atoms with Crippen molar-refractivity contribution in [2.45, 2.75) is 27.2 Å². The van der Waals surface area contributed by atoms with Crippen LogP contribution in [0, 0.1) is 13.8 Å². The fraction of sp³-hybridized carbons (Fsp3) is 0.312. The normalized spacial score (nSPS) is 11.0. The molecule has 0 atom stereocenters. The topological polar surface area (TPSA) is 55.6 Å². The first-order chi connectivity index (χ1) is 10.1. The molecule has 1 aromatic carbocycles. The third kappa shape index (κ3) is 2.59. The molecule has 0 unspecified atom stereocenters. The van der Waals surface area contributed by atoms with E-state index < -0.39 is 0 Å². The lowest BCUT2D eigenvalue weighted by Gasteiger charge is -2.08. The first-order valence-electron chi connectivity index (χ1n) is 7.11. The van der Waals surface area contributed by atoms with Crippen molar-refractivity contribution in [3.8, 4) is 0 Å². The van der Waals surface area contributed by atoms with Crippen LogP contribution < -0.4 is 5.32 Å². The number of anilines is 2. The quantitative estimate of drug-likeness (QED) is 0.800. The van der Waals surface area contributed by atoms with Gasteiger partial charge >= 0.3 is 0 Å². The molecule has 0 aliphatic heterocycles. The van der Waals surface area contributed by atoms with Crippen molar-refractivity contribution in [2.24, 2.45) is 7.05 Å². The number of aromatic nitrogens is 4. The van der Waals surface area contributed by atoms with Crippen LogP contribution >= 0.6 is 0 Å². The van der Waals surface area contributed by atoms with Crippen LogP contribution in [0.3, 0.4) is 0 Å². The summed E-state index contributed by atoms with van der Waals surface area (Å²) in [6.45, 7) is 6.01. The van der Waals surface area contributed by atoms with Gasteiger partial charge in [-0.15, -0.1) is 0 Å². The molecule has 3 rings (SSSR count). The molecule has 2 heterocycles. The summed E-state index contributed by atoms with van der Waals surface area (Å²) in [7, 11) is 2.03. The van der Waals surface area contributed by atoms with Crippen LogP contribution in [0.1, 0.15) is 24.3 Å². The highest BCUT2D eigenvalue weighted by Crippen LogP contribution is 2.22. The van der Waals surface area contributed by atoms with E-state index in [2.05, 4.69) is 37.8 Å². The van der Waals surface area contributed by atoms with E-state index in [0.29, 0.717) is 0 Å². The van der Waals surface area contributed by atoms with Gasteiger partial charge in [-0.1, -0.05) is 6.92 Å². The number of hydrogen-bond donors (Lipinski definition) is 1. The third-order valence-electron chi connectivity index (χ3n) is 3.63. The zero-order valence-electron chi connectivity index (χ0n) is 12.8. The van der Waals surface area contributed by atoms with Crippen molar-refractivity contribution in [3.63, 3.8) is 0 Å². The summed E-state index contributed by atoms with van der Waals surface area (Å²) >= 11 is 0. The van der Waals surface area contributed by atoms with Gasteiger partial charge in [0.25, 0.3) is 0 Å². The fourth-order valence-electron chi connectivity index (χ4n) is 2.42. The number of benzene rings is 1. The van der Waals surface area contributed by atoms with E-state index in [4.69, 9.17) is 0 Å². The Kier molecular flexibility index (Phi) is 3.33. The number of fused-ring (bicyclic) bond motifs is 1. The lowest BCUT2D eigenvalue weighted by molar-refractivity contribution is 0.886. The molecular formula is C16H19N5. The molecule has 0 spiro atoms. The Bertz CT molecular complexity index is 804. The van der Waals surface area contributed by atoms with E-state index in [0.717, 1.165) is 46.3 Å². The first-order valence-corrected chi connectivity index (χ1v) is 7.11. The van der Waals surface area contributed by atoms with E-state index >= 15 is 0 Å². The summed E-state index contributed by atoms with van der Waals surface area (Å²) in [4.78, 5) is 13.4. The minimum absolute atomic E-state index is 0.784. The van der Waals surface area contributed by atoms with Crippen molar-refractivity contribution in [3.05, 3.63) is 41.6 Å². The lowest BCUT2D eigenvalue weighted by Crippen LogP contribution is -2.00. The molecule has 0 aliphatic rings. The van der Waals surface area contributed by atoms with Gasteiger partial charge in [-0.25, -0.2) is 15.0 Å². The molecule has 1 N–H and O–H groups in total. The first kappa shape index (κ1) is 13.5. The second kappa shape index (κ2) is 5.16. The Morgan fingerprint density at radius 3 is 2.67 bits per heavy atom. The van der Waals surface area contributed by atoms with Gasteiger partial charge in [-0.2, -0.15) is 0 Å². The molecule has 0 radical (unpaired) electrons. The molecule has 5 heteroatoms. The molecule has 21 heavy (non-hydrogen) atoms. The Morgan fingerprint density at radius 1 is 1.10 bits per heavy atom. The minimum atomic E-state index is 0.784. The molecule has 3 aromatic rings. The number of imidazole rings is 1. The van der Waals surface area contributed by atoms with Gasteiger partial charge in [0.05, 0.1) is 11.0 Å². The second-order valence-corrected chi connectivity index (χ2v) is 5.19. The highest BCUT2D eigenvalue weighted by Gasteiger charge is 2.06. The van der Waals surface area contributed by atoms with Gasteiger partial charge in [-0.05, 0) is 38.5 Å². The van der Waals surface area contributed by atoms with E-state index in [1.807, 2.05) is 39.1 Å². The van der Waals surface area contributed by atoms with Crippen molar-refractivity contribution in [2.75, 3.05) is 5.32 Å². The molecular weight excluding hydrogens is 262 g/mol. The fourth-order valence-corrected chi connectivity index (χ4v) is 2.42. The smallest absolute Gasteiger partial charge is 0.134 e. The third-order valence-corrected chi connectivity index (χ3v) is 3.63. The molecule has 0 bridgehead atoms. The van der Waals surface area contributed by atoms with Crippen molar-refractivity contribution in [1.82, 2.24) is 19.5 Å². The van der Waals surface area contributed by atoms with Crippen molar-refractivity contribution in [1.29, 1.82) is 0 Å². The highest BCUT2D eigenvalue weighted by atomic mass is 15.1. The molecule has 0 aliphatic carbocycles. The van der Waals surface area contributed by atoms with E-state index in [-0.39, 0.29) is 0 Å². The van der Waals surface area contributed by atoms with Gasteiger partial charge in [0.15, 0.2) is 0 Å². The Morgan fingerprint density at radius 2 is 1.90 bits per heavy atom. The SMILES string of the molecule is CCc1cc(Nc2ccc3c(c2)nc(C)n3C)nc(C)n1. The van der Waals surface area contributed by atoms with Gasteiger partial charge in [0.1, 0.15) is 17.5 Å². The van der Waals surface area contributed by atoms with Gasteiger partial charge < -0.3 is 9.88 Å². The Hall–Kier alpha value is -2.43. The molecule has 0 saturated carbocycles. The monoisotopic (exact) mass is 281 g/mol. The number of nitrogens with zero attached hydrogens (tertiary/aromatic N) is 4. The van der Waals surface area contributed by atoms with Gasteiger partial charge in [0, 0.05) is 24.5 Å². The predicted molar refractivity (Wildman–Crippen MR) is 84.9 cm³/mol. The molecule has 2 aromatic heterocycles. The maximum absolute atomic E-state index is 4.56. The summed E-state index contributed by atoms with van der Waals surface area (Å²) in [5, 5.41) is 3.34. The molecule has 0 saturated heterocycles. The molecule has 5 nitrogen and oxygen atoms in total. The van der Waals surface area contributed by atoms with Crippen molar-refractivity contribution >= 4 is 22.5 Å². The van der Waals surface area contributed by atoms with Crippen LogP contribution in [0.5, 0.6) is 0 Å². The summed E-state index contributed by atoms with van der Waals surface area (Å²) in [5.41, 5.74) is 4.15. The largest absolute Gasteiger partial charge is 0.340 e. The van der Waals surface area contributed by atoms with Gasteiger partial charge in [0.2, 0.25) is 0 Å². The maximum Gasteiger partial charge on any atom is 0.134 e. The molecule has 0 amide bonds. The van der Waals surface area contributed by atoms with Crippen LogP contribution in [0.2, 0.25) is 0 Å². The maximum atomic E-state index is 4.56. The van der Waals surface area contributed by atoms with Crippen LogP contribution in [0.25, 0.3) is 11.0 Å². The zero-order valence-corrected chi connectivity index (χ0v) is 12.8. The average Bonchev–Trinajstić information content (AvgIpc) is 2.73. The van der Waals surface area contributed by atoms with Gasteiger partial charge in [-0.3, -0.25) is 0 Å². The molecule has 0 fully saturated rings. The van der Waals surface area contributed by atoms with Crippen LogP contribution in [0.4, 0.5) is 11.5 Å². The Balaban J connectivity index is 1.96. The lowest BCUT2D eigenvalue weighted by atomic mass is 10.2. The summed E-state index contributed by atoms with van der Waals surface area (Å²) in [5.74, 6) is 2.62. The van der Waals surface area contributed by atoms with E-state index in [9.17, 15) is 0 Å². The minimum Gasteiger partial charge on any atom is -0.340 e. The number of aryl methyl sites for hydroxylation is 4. The number of rotatable bonds is 3. The van der Waals surface area contributed by atoms with Crippen LogP contribution in [-0.2, 0) is 13.5 Å². The standard InChI is InChI=1S/C16H19N5/c1-5-12-9-16(18-10(2)17-12)20-13-6-7-15-14(8-13)19-11(3)21(15)4/h6-9H,5H2,1-4H3,(H,17,18,20). The molecule has 108 valence electrons. The Labute approximate surface area is 124 Å². The zero-order chi connectivity index (χ0) is 15.0.